The highest BCUT2D eigenvalue weighted by Gasteiger charge is 2.25. The van der Waals surface area contributed by atoms with E-state index in [1.54, 1.807) is 0 Å². The minimum absolute atomic E-state index is 0.569. The summed E-state index contributed by atoms with van der Waals surface area (Å²) in [5.41, 5.74) is 0.850. The summed E-state index contributed by atoms with van der Waals surface area (Å²) in [6.45, 7) is 0. The van der Waals surface area contributed by atoms with Crippen molar-refractivity contribution in [1.29, 1.82) is 0 Å². The van der Waals surface area contributed by atoms with Crippen LogP contribution < -0.4 is 0 Å². The predicted molar refractivity (Wildman–Crippen MR) is 24.9 cm³/mol. The van der Waals surface area contributed by atoms with Crippen LogP contribution in [-0.2, 0) is 4.84 Å². The molecule has 7 heavy (non-hydrogen) atoms. The smallest absolute Gasteiger partial charge is 0.223 e. The number of rotatable bonds is 1. The molecule has 0 spiro atoms. The van der Waals surface area contributed by atoms with Gasteiger partial charge in [-0.15, -0.1) is 0 Å². The maximum Gasteiger partial charge on any atom is 0.223 e. The number of hydrogen-bond acceptors (Lipinski definition) is 2. The van der Waals surface area contributed by atoms with Gasteiger partial charge in [0.2, 0.25) is 5.71 Å². The van der Waals surface area contributed by atoms with Gasteiger partial charge < -0.3 is 4.84 Å². The first-order valence-corrected chi connectivity index (χ1v) is 2.20. The van der Waals surface area contributed by atoms with Gasteiger partial charge in [-0.1, -0.05) is 0 Å². The Labute approximate surface area is 41.7 Å². The standard InChI is InChI=1S/C4H7NO2/c1-7-5(6)4-2-3-4/h2-3H2,1H3. The van der Waals surface area contributed by atoms with Gasteiger partial charge in [0.25, 0.3) is 0 Å². The molecule has 0 saturated heterocycles. The Morgan fingerprint density at radius 2 is 2.29 bits per heavy atom. The molecule has 1 saturated carbocycles. The summed E-state index contributed by atoms with van der Waals surface area (Å²) in [6.07, 6.45) is 1.83. The maximum atomic E-state index is 10.2. The van der Waals surface area contributed by atoms with Gasteiger partial charge in [-0.2, -0.15) is 0 Å². The highest BCUT2D eigenvalue weighted by Crippen LogP contribution is 2.12. The van der Waals surface area contributed by atoms with Crippen molar-refractivity contribution in [3.8, 4) is 0 Å². The zero-order valence-electron chi connectivity index (χ0n) is 4.18. The molecular formula is C4H7NO2. The second kappa shape index (κ2) is 1.40. The molecule has 40 valence electrons. The van der Waals surface area contributed by atoms with Crippen molar-refractivity contribution < 1.29 is 9.74 Å². The van der Waals surface area contributed by atoms with Crippen LogP contribution in [0.2, 0.25) is 0 Å². The van der Waals surface area contributed by atoms with Gasteiger partial charge in [-0.3, -0.25) is 5.21 Å². The van der Waals surface area contributed by atoms with Crippen molar-refractivity contribution in [2.24, 2.45) is 0 Å². The van der Waals surface area contributed by atoms with Crippen molar-refractivity contribution in [2.75, 3.05) is 7.11 Å². The van der Waals surface area contributed by atoms with Gasteiger partial charge in [0, 0.05) is 24.9 Å². The van der Waals surface area contributed by atoms with Gasteiger partial charge in [0.1, 0.15) is 0 Å². The molecule has 0 N–H and O–H groups in total. The second-order valence-corrected chi connectivity index (χ2v) is 1.51. The molecule has 0 aromatic carbocycles. The van der Waals surface area contributed by atoms with E-state index < -0.39 is 0 Å². The summed E-state index contributed by atoms with van der Waals surface area (Å²) in [4.78, 5) is 4.88. The molecule has 1 aliphatic carbocycles. The fraction of sp³-hybridized carbons (Fsp3) is 0.750. The summed E-state index contributed by atoms with van der Waals surface area (Å²) in [5, 5.41) is 10.2. The Morgan fingerprint density at radius 3 is 2.43 bits per heavy atom. The molecule has 0 aromatic rings. The molecule has 0 amide bonds. The predicted octanol–water partition coefficient (Wildman–Crippen LogP) is 0.293. The summed E-state index contributed by atoms with van der Waals surface area (Å²) in [6, 6.07) is 0. The summed E-state index contributed by atoms with van der Waals surface area (Å²) in [5.74, 6) is 0. The van der Waals surface area contributed by atoms with Crippen LogP contribution in [-0.4, -0.2) is 17.7 Å². The SMILES string of the molecule is CO[N+]([O-])=C1CC1. The number of nitrogens with zero attached hydrogens (tertiary/aromatic N) is 1. The molecule has 1 aliphatic rings. The van der Waals surface area contributed by atoms with Gasteiger partial charge in [-0.25, -0.2) is 0 Å². The van der Waals surface area contributed by atoms with Crippen LogP contribution in [0.1, 0.15) is 12.8 Å². The molecule has 0 unspecified atom stereocenters. The van der Waals surface area contributed by atoms with E-state index in [4.69, 9.17) is 0 Å². The highest BCUT2D eigenvalue weighted by molar-refractivity contribution is 5.93. The monoisotopic (exact) mass is 101 g/mol. The van der Waals surface area contributed by atoms with E-state index in [-0.39, 0.29) is 0 Å². The minimum Gasteiger partial charge on any atom is -0.407 e. The maximum absolute atomic E-state index is 10.2. The summed E-state index contributed by atoms with van der Waals surface area (Å²) >= 11 is 0. The fourth-order valence-corrected chi connectivity index (χ4v) is 0.368. The minimum atomic E-state index is 0.569. The first-order valence-electron chi connectivity index (χ1n) is 2.20. The van der Waals surface area contributed by atoms with Crippen LogP contribution in [0.3, 0.4) is 0 Å². The Kier molecular flexibility index (Phi) is 0.889. The largest absolute Gasteiger partial charge is 0.407 e. The third-order valence-corrected chi connectivity index (χ3v) is 0.898. The van der Waals surface area contributed by atoms with Crippen LogP contribution in [0.5, 0.6) is 0 Å². The zero-order chi connectivity index (χ0) is 5.28. The Balaban J connectivity index is 2.49. The normalized spacial score (nSPS) is 16.4. The van der Waals surface area contributed by atoms with Crippen LogP contribution >= 0.6 is 0 Å². The van der Waals surface area contributed by atoms with E-state index in [0.717, 1.165) is 18.6 Å². The lowest BCUT2D eigenvalue weighted by Crippen LogP contribution is -2.01. The molecule has 0 bridgehead atoms. The second-order valence-electron chi connectivity index (χ2n) is 1.51. The molecule has 1 rings (SSSR count). The van der Waals surface area contributed by atoms with Gasteiger partial charge in [-0.05, 0) is 0 Å². The van der Waals surface area contributed by atoms with Crippen molar-refractivity contribution in [1.82, 2.24) is 0 Å². The molecule has 0 radical (unpaired) electrons. The Bertz CT molecular complexity index is 102. The molecule has 0 aliphatic heterocycles. The van der Waals surface area contributed by atoms with Crippen LogP contribution in [0.15, 0.2) is 0 Å². The first-order chi connectivity index (χ1) is 3.34. The van der Waals surface area contributed by atoms with Crippen LogP contribution in [0.4, 0.5) is 0 Å². The van der Waals surface area contributed by atoms with E-state index in [1.165, 1.54) is 7.11 Å². The Hall–Kier alpha value is -0.730. The van der Waals surface area contributed by atoms with Crippen LogP contribution in [0.25, 0.3) is 0 Å². The summed E-state index contributed by atoms with van der Waals surface area (Å²) in [7, 11) is 1.37. The molecule has 3 heteroatoms. The average molecular weight is 101 g/mol. The lowest BCUT2D eigenvalue weighted by molar-refractivity contribution is -0.732. The third kappa shape index (κ3) is 0.824. The van der Waals surface area contributed by atoms with E-state index >= 15 is 0 Å². The molecule has 0 aromatic heterocycles. The lowest BCUT2D eigenvalue weighted by atomic mass is 10.9. The van der Waals surface area contributed by atoms with Crippen molar-refractivity contribution >= 4 is 5.71 Å². The molecule has 1 fully saturated rings. The van der Waals surface area contributed by atoms with Crippen molar-refractivity contribution in [2.45, 2.75) is 12.8 Å². The van der Waals surface area contributed by atoms with E-state index in [9.17, 15) is 5.21 Å². The molecule has 0 heterocycles. The first kappa shape index (κ1) is 4.43. The molecular weight excluding hydrogens is 94.0 g/mol. The van der Waals surface area contributed by atoms with E-state index in [1.807, 2.05) is 0 Å². The van der Waals surface area contributed by atoms with Gasteiger partial charge in [0.15, 0.2) is 0 Å². The quantitative estimate of drug-likeness (QED) is 0.351. The number of hydrogen-bond donors (Lipinski definition) is 0. The molecule has 0 atom stereocenters. The molecule has 3 nitrogen and oxygen atoms in total. The third-order valence-electron chi connectivity index (χ3n) is 0.898. The van der Waals surface area contributed by atoms with Crippen molar-refractivity contribution in [3.63, 3.8) is 0 Å². The fourth-order valence-electron chi connectivity index (χ4n) is 0.368. The highest BCUT2D eigenvalue weighted by atomic mass is 16.9. The van der Waals surface area contributed by atoms with E-state index in [2.05, 4.69) is 4.84 Å². The average Bonchev–Trinajstić information content (AvgIpc) is 2.44. The lowest BCUT2D eigenvalue weighted by Gasteiger charge is -1.91. The van der Waals surface area contributed by atoms with Crippen molar-refractivity contribution in [3.05, 3.63) is 5.21 Å². The van der Waals surface area contributed by atoms with E-state index in [0.29, 0.717) is 4.90 Å². The van der Waals surface area contributed by atoms with Crippen LogP contribution in [0, 0.1) is 5.21 Å². The van der Waals surface area contributed by atoms with Gasteiger partial charge in [0.05, 0.1) is 0 Å². The van der Waals surface area contributed by atoms with Gasteiger partial charge >= 0.3 is 0 Å². The zero-order valence-corrected chi connectivity index (χ0v) is 4.18. The Morgan fingerprint density at radius 1 is 1.71 bits per heavy atom. The topological polar surface area (TPSA) is 35.3 Å². The summed E-state index contributed by atoms with van der Waals surface area (Å²) < 4.78 is 0.